The molecule has 382 valence electrons. The van der Waals surface area contributed by atoms with E-state index in [2.05, 4.69) is 19.1 Å². The summed E-state index contributed by atoms with van der Waals surface area (Å²) >= 11 is 0. The van der Waals surface area contributed by atoms with Gasteiger partial charge in [0.25, 0.3) is 11.7 Å². The van der Waals surface area contributed by atoms with E-state index in [-0.39, 0.29) is 74.1 Å². The maximum absolute atomic E-state index is 14.5. The fourth-order valence-electron chi connectivity index (χ4n) is 10.9. The maximum Gasteiger partial charge on any atom is 0.329 e. The molecule has 14 atom stereocenters. The summed E-state index contributed by atoms with van der Waals surface area (Å²) in [6.07, 6.45) is 6.24. The second kappa shape index (κ2) is 25.4. The van der Waals surface area contributed by atoms with Gasteiger partial charge in [0.2, 0.25) is 5.79 Å². The lowest BCUT2D eigenvalue weighted by Crippen LogP contribution is -2.64. The molecular formula is C53H81NO14. The summed E-state index contributed by atoms with van der Waals surface area (Å²) in [7, 11) is 7.86. The first-order valence-corrected chi connectivity index (χ1v) is 24.9. The number of ether oxygens (including phenoxy) is 8. The Kier molecular flexibility index (Phi) is 20.7. The number of hydrogen-bond acceptors (Lipinski definition) is 14. The number of ketones is 2. The lowest BCUT2D eigenvalue weighted by atomic mass is 9.82. The van der Waals surface area contributed by atoms with Crippen LogP contribution in [0.2, 0.25) is 0 Å². The molecule has 15 nitrogen and oxygen atoms in total. The van der Waals surface area contributed by atoms with Crippen molar-refractivity contribution in [3.05, 3.63) is 47.1 Å². The van der Waals surface area contributed by atoms with Gasteiger partial charge in [-0.15, -0.1) is 0 Å². The molecule has 1 saturated carbocycles. The fraction of sp³-hybridized carbons (Fsp3) is 0.736. The Morgan fingerprint density at radius 1 is 0.868 bits per heavy atom. The van der Waals surface area contributed by atoms with Gasteiger partial charge in [0, 0.05) is 52.2 Å². The Balaban J connectivity index is 1.41. The zero-order valence-electron chi connectivity index (χ0n) is 42.5. The van der Waals surface area contributed by atoms with Crippen LogP contribution in [0.5, 0.6) is 11.5 Å². The number of carbonyl (C=O) groups excluding carboxylic acids is 4. The minimum absolute atomic E-state index is 0.0351. The molecule has 3 fully saturated rings. The van der Waals surface area contributed by atoms with Crippen LogP contribution in [-0.2, 0) is 47.6 Å². The zero-order valence-corrected chi connectivity index (χ0v) is 42.5. The third-order valence-electron chi connectivity index (χ3n) is 15.0. The van der Waals surface area contributed by atoms with Gasteiger partial charge in [-0.3, -0.25) is 14.4 Å². The maximum atomic E-state index is 14.5. The van der Waals surface area contributed by atoms with Gasteiger partial charge in [-0.2, -0.15) is 0 Å². The summed E-state index contributed by atoms with van der Waals surface area (Å²) in [6.45, 7) is 11.9. The van der Waals surface area contributed by atoms with E-state index < -0.39 is 65.9 Å². The predicted molar refractivity (Wildman–Crippen MR) is 255 cm³/mol. The van der Waals surface area contributed by atoms with Crippen molar-refractivity contribution >= 4 is 23.4 Å². The van der Waals surface area contributed by atoms with E-state index >= 15 is 0 Å². The molecule has 5 rings (SSSR count). The van der Waals surface area contributed by atoms with Gasteiger partial charge < -0.3 is 53.0 Å². The normalized spacial score (nSPS) is 34.8. The highest BCUT2D eigenvalue weighted by atomic mass is 16.7. The SMILES string of the molecule is CCC1C=C(C)CC(C)CC(OC)C2OC(O)(C(=O)C(=O)N3CCCCC3C(=O)OC(C(C)=CC3CCC(OCC(O)c4cc(OC)cc(OC)c4)C(OC)C3)C(C)CCC1=O)C(C)CC2OC. The van der Waals surface area contributed by atoms with Crippen molar-refractivity contribution in [3.63, 3.8) is 0 Å². The number of amides is 1. The van der Waals surface area contributed by atoms with Crippen molar-refractivity contribution in [2.24, 2.45) is 29.6 Å². The summed E-state index contributed by atoms with van der Waals surface area (Å²) in [5, 5.41) is 23.2. The first-order chi connectivity index (χ1) is 32.4. The molecule has 3 heterocycles. The van der Waals surface area contributed by atoms with Crippen molar-refractivity contribution < 1.29 is 67.3 Å². The van der Waals surface area contributed by atoms with E-state index in [9.17, 15) is 29.4 Å². The molecule has 1 aliphatic carbocycles. The number of fused-ring (bicyclic) bond motifs is 3. The van der Waals surface area contributed by atoms with Crippen LogP contribution in [-0.4, -0.2) is 136 Å². The summed E-state index contributed by atoms with van der Waals surface area (Å²) in [5.74, 6) is -5.31. The minimum atomic E-state index is -2.49. The Bertz CT molecular complexity index is 1900. The molecule has 0 radical (unpaired) electrons. The smallest absolute Gasteiger partial charge is 0.329 e. The number of cyclic esters (lactones) is 1. The Morgan fingerprint density at radius 2 is 1.53 bits per heavy atom. The lowest BCUT2D eigenvalue weighted by molar-refractivity contribution is -0.302. The summed E-state index contributed by atoms with van der Waals surface area (Å²) in [4.78, 5) is 58.5. The van der Waals surface area contributed by atoms with Gasteiger partial charge in [0.1, 0.15) is 41.6 Å². The average Bonchev–Trinajstić information content (AvgIpc) is 3.34. The van der Waals surface area contributed by atoms with E-state index in [0.717, 1.165) is 17.6 Å². The van der Waals surface area contributed by atoms with Crippen LogP contribution < -0.4 is 9.47 Å². The monoisotopic (exact) mass is 956 g/mol. The second-order valence-electron chi connectivity index (χ2n) is 20.0. The van der Waals surface area contributed by atoms with E-state index in [4.69, 9.17) is 37.9 Å². The number of allylic oxidation sites excluding steroid dienone is 3. The molecule has 2 saturated heterocycles. The molecule has 1 aromatic carbocycles. The molecule has 2 bridgehead atoms. The average molecular weight is 956 g/mol. The molecule has 68 heavy (non-hydrogen) atoms. The van der Waals surface area contributed by atoms with E-state index in [1.807, 2.05) is 27.7 Å². The van der Waals surface area contributed by atoms with Crippen LogP contribution in [0.3, 0.4) is 0 Å². The highest BCUT2D eigenvalue weighted by Gasteiger charge is 2.56. The molecule has 2 N–H and O–H groups in total. The van der Waals surface area contributed by atoms with Crippen LogP contribution in [0, 0.1) is 29.6 Å². The first kappa shape index (κ1) is 55.2. The molecule has 14 unspecified atom stereocenters. The number of methoxy groups -OCH3 is 5. The third-order valence-corrected chi connectivity index (χ3v) is 15.0. The Morgan fingerprint density at radius 3 is 2.16 bits per heavy atom. The quantitative estimate of drug-likeness (QED) is 0.121. The topological polar surface area (TPSA) is 186 Å². The Hall–Kier alpha value is -3.70. The molecule has 1 amide bonds. The van der Waals surface area contributed by atoms with Crippen molar-refractivity contribution in [1.82, 2.24) is 4.90 Å². The first-order valence-electron chi connectivity index (χ1n) is 24.9. The second-order valence-corrected chi connectivity index (χ2v) is 20.0. The fourth-order valence-corrected chi connectivity index (χ4v) is 10.9. The van der Waals surface area contributed by atoms with Crippen molar-refractivity contribution in [1.29, 1.82) is 0 Å². The van der Waals surface area contributed by atoms with Gasteiger partial charge in [-0.25, -0.2) is 4.79 Å². The lowest BCUT2D eigenvalue weighted by Gasteiger charge is -2.47. The summed E-state index contributed by atoms with van der Waals surface area (Å²) in [5.41, 5.74) is 2.48. The van der Waals surface area contributed by atoms with Gasteiger partial charge in [0.15, 0.2) is 0 Å². The van der Waals surface area contributed by atoms with Crippen molar-refractivity contribution in [3.8, 4) is 11.5 Å². The van der Waals surface area contributed by atoms with E-state index in [0.29, 0.717) is 68.4 Å². The highest BCUT2D eigenvalue weighted by Crippen LogP contribution is 2.40. The largest absolute Gasteiger partial charge is 0.497 e. The van der Waals surface area contributed by atoms with Crippen LogP contribution in [0.15, 0.2) is 41.5 Å². The van der Waals surface area contributed by atoms with Gasteiger partial charge in [-0.05, 0) is 125 Å². The van der Waals surface area contributed by atoms with Gasteiger partial charge in [0.05, 0.1) is 45.2 Å². The Labute approximate surface area is 404 Å². The zero-order chi connectivity index (χ0) is 49.9. The number of piperidine rings is 1. The summed E-state index contributed by atoms with van der Waals surface area (Å²) in [6, 6.07) is 4.16. The van der Waals surface area contributed by atoms with Crippen LogP contribution >= 0.6 is 0 Å². The van der Waals surface area contributed by atoms with Gasteiger partial charge >= 0.3 is 5.97 Å². The van der Waals surface area contributed by atoms with E-state index in [1.165, 1.54) is 4.90 Å². The number of carbonyl (C=O) groups is 4. The molecule has 1 aromatic rings. The van der Waals surface area contributed by atoms with Crippen molar-refractivity contribution in [2.45, 2.75) is 173 Å². The van der Waals surface area contributed by atoms with Gasteiger partial charge in [-0.1, -0.05) is 45.4 Å². The molecule has 3 aliphatic heterocycles. The number of aliphatic hydroxyl groups excluding tert-OH is 1. The number of Topliss-reactive ketones (excluding diaryl/α,β-unsaturated/α-hetero) is 2. The standard InChI is InChI=1S/C53H81NO14/c1-12-37-22-31(2)21-32(3)23-46(64-10)49-47(65-11)25-35(6)53(60,68-49)50(57)51(58)54-20-14-13-15-41(54)52(59)67-48(33(4)16-18-42(37)55)34(5)24-36-17-19-44(45(26-36)63-9)66-30-43(56)38-27-39(61-7)29-40(28-38)62-8/h22,24,27-29,32-33,35-37,41,43-49,56,60H,12-21,23,25-26,30H2,1-11H3. The van der Waals surface area contributed by atoms with Crippen LogP contribution in [0.1, 0.15) is 130 Å². The molecule has 15 heteroatoms. The molecule has 4 aliphatic rings. The molecule has 0 spiro atoms. The third kappa shape index (κ3) is 13.6. The minimum Gasteiger partial charge on any atom is -0.497 e. The molecular weight excluding hydrogens is 875 g/mol. The number of esters is 1. The highest BCUT2D eigenvalue weighted by molar-refractivity contribution is 6.39. The van der Waals surface area contributed by atoms with E-state index in [1.54, 1.807) is 60.7 Å². The number of rotatable bonds is 12. The molecule has 0 aromatic heterocycles. The summed E-state index contributed by atoms with van der Waals surface area (Å²) < 4.78 is 47.6. The van der Waals surface area contributed by atoms with Crippen molar-refractivity contribution in [2.75, 3.05) is 48.7 Å². The number of benzene rings is 1. The van der Waals surface area contributed by atoms with Crippen LogP contribution in [0.25, 0.3) is 0 Å². The number of hydrogen-bond donors (Lipinski definition) is 2. The number of nitrogens with zero attached hydrogens (tertiary/aromatic N) is 1. The predicted octanol–water partition coefficient (Wildman–Crippen LogP) is 7.28. The van der Waals surface area contributed by atoms with Crippen LogP contribution in [0.4, 0.5) is 0 Å². The number of aliphatic hydroxyl groups is 2.